The first-order valence-electron chi connectivity index (χ1n) is 11.5. The van der Waals surface area contributed by atoms with Crippen LogP contribution in [0.25, 0.3) is 0 Å². The summed E-state index contributed by atoms with van der Waals surface area (Å²) >= 11 is 14.5. The Morgan fingerprint density at radius 1 is 0.412 bits per heavy atom. The first-order valence-corrected chi connectivity index (χ1v) is 13.3. The summed E-state index contributed by atoms with van der Waals surface area (Å²) in [5.41, 5.74) is 0. The van der Waals surface area contributed by atoms with E-state index in [-0.39, 0.29) is 19.6 Å². The second kappa shape index (κ2) is 24.9. The quantitative estimate of drug-likeness (QED) is 0.172. The summed E-state index contributed by atoms with van der Waals surface area (Å²) in [5.74, 6) is 0. The molecule has 34 heavy (non-hydrogen) atoms. The fourth-order valence-corrected chi connectivity index (χ4v) is 3.10. The van der Waals surface area contributed by atoms with Crippen molar-refractivity contribution in [3.63, 3.8) is 0 Å². The summed E-state index contributed by atoms with van der Waals surface area (Å²) in [6.07, 6.45) is 0. The molecule has 0 fully saturated rings. The molecule has 0 radical (unpaired) electrons. The lowest BCUT2D eigenvalue weighted by Crippen LogP contribution is -2.47. The minimum atomic E-state index is 0.0517. The lowest BCUT2D eigenvalue weighted by atomic mass is 10.3. The highest BCUT2D eigenvalue weighted by atomic mass is 32.1. The molecule has 0 aliphatic rings. The van der Waals surface area contributed by atoms with Gasteiger partial charge in [-0.05, 0) is 55.4 Å². The third-order valence-electron chi connectivity index (χ3n) is 6.24. The van der Waals surface area contributed by atoms with Crippen molar-refractivity contribution in [3.05, 3.63) is 19.6 Å². The molecule has 0 atom stereocenters. The third-order valence-corrected chi connectivity index (χ3v) is 7.89. The van der Waals surface area contributed by atoms with Gasteiger partial charge in [0, 0.05) is 0 Å². The van der Waals surface area contributed by atoms with Gasteiger partial charge in [-0.15, -0.1) is 50.5 Å². The number of nitriles is 4. The summed E-state index contributed by atoms with van der Waals surface area (Å²) in [4.78, 5) is 0.207. The van der Waals surface area contributed by atoms with Crippen molar-refractivity contribution in [1.29, 1.82) is 21.0 Å². The van der Waals surface area contributed by atoms with Crippen LogP contribution in [0.15, 0.2) is 19.6 Å². The van der Waals surface area contributed by atoms with Gasteiger partial charge in [-0.25, -0.2) is 0 Å². The van der Waals surface area contributed by atoms with Gasteiger partial charge in [0.15, 0.2) is 0 Å². The van der Waals surface area contributed by atoms with Gasteiger partial charge in [0.05, 0.1) is 52.4 Å². The molecule has 0 spiro atoms. The Labute approximate surface area is 231 Å². The zero-order valence-electron chi connectivity index (χ0n) is 22.1. The minimum absolute atomic E-state index is 0.0517. The number of hydrogen-bond donors (Lipinski definition) is 4. The fraction of sp³-hybridized carbons (Fsp3) is 0.667. The second-order valence-electron chi connectivity index (χ2n) is 7.05. The van der Waals surface area contributed by atoms with Crippen LogP contribution in [0.5, 0.6) is 0 Å². The molecule has 0 aliphatic heterocycles. The van der Waals surface area contributed by atoms with E-state index in [1.807, 2.05) is 0 Å². The van der Waals surface area contributed by atoms with Crippen LogP contribution < -0.4 is 0 Å². The summed E-state index contributed by atoms with van der Waals surface area (Å²) in [6, 6.07) is 6.64. The summed E-state index contributed by atoms with van der Waals surface area (Å²) in [6.45, 7) is 28.4. The van der Waals surface area contributed by atoms with Crippen LogP contribution in [-0.4, -0.2) is 61.3 Å². The van der Waals surface area contributed by atoms with E-state index < -0.39 is 0 Å². The predicted octanol–water partition coefficient (Wildman–Crippen LogP) is 5.98. The van der Waals surface area contributed by atoms with Crippen LogP contribution in [-0.2, 0) is 0 Å². The smallest absolute Gasteiger partial charge is 0.108 e. The van der Waals surface area contributed by atoms with Gasteiger partial charge >= 0.3 is 0 Å². The zero-order valence-corrected chi connectivity index (χ0v) is 25.7. The molecular formula is C24H44N6S4+2. The molecule has 0 N–H and O–H groups in total. The molecule has 0 bridgehead atoms. The van der Waals surface area contributed by atoms with Crippen molar-refractivity contribution in [3.8, 4) is 24.3 Å². The summed E-state index contributed by atoms with van der Waals surface area (Å²) in [7, 11) is 0. The molecule has 0 heterocycles. The Kier molecular flexibility index (Phi) is 29.2. The number of rotatable bonds is 8. The van der Waals surface area contributed by atoms with E-state index in [0.717, 1.165) is 0 Å². The van der Waals surface area contributed by atoms with Gasteiger partial charge < -0.3 is 8.97 Å². The van der Waals surface area contributed by atoms with E-state index in [1.165, 1.54) is 61.3 Å². The molecule has 0 aromatic carbocycles. The Bertz CT molecular complexity index is 626. The predicted molar refractivity (Wildman–Crippen MR) is 157 cm³/mol. The minimum Gasteiger partial charge on any atom is -0.325 e. The summed E-state index contributed by atoms with van der Waals surface area (Å²) in [5, 5.41) is 32.2. The van der Waals surface area contributed by atoms with E-state index >= 15 is 0 Å². The molecule has 10 heteroatoms. The van der Waals surface area contributed by atoms with Gasteiger partial charge in [-0.2, -0.15) is 21.0 Å². The molecule has 0 saturated carbocycles. The monoisotopic (exact) mass is 544 g/mol. The van der Waals surface area contributed by atoms with Gasteiger partial charge in [0.1, 0.15) is 43.9 Å². The van der Waals surface area contributed by atoms with E-state index in [0.29, 0.717) is 0 Å². The fourth-order valence-electron chi connectivity index (χ4n) is 2.90. The maximum atomic E-state index is 8.05. The average Bonchev–Trinajstić information content (AvgIpc) is 2.91. The van der Waals surface area contributed by atoms with Crippen LogP contribution >= 0.6 is 50.5 Å². The van der Waals surface area contributed by atoms with Crippen molar-refractivity contribution in [2.24, 2.45) is 0 Å². The SMILES string of the molecule is CC[N+](CC)(CC)CC.CC[N+](CC)(CC)CC.N#C/C(S)=C(/S)C#N.N#C/C(S)=C(/S)C#N. The average molecular weight is 545 g/mol. The van der Waals surface area contributed by atoms with Crippen molar-refractivity contribution >= 4 is 50.5 Å². The number of allylic oxidation sites excluding steroid dienone is 4. The first kappa shape index (κ1) is 40.0. The number of thiol groups is 4. The highest BCUT2D eigenvalue weighted by Gasteiger charge is 2.16. The van der Waals surface area contributed by atoms with E-state index in [2.05, 4.69) is 106 Å². The molecule has 0 unspecified atom stereocenters. The highest BCUT2D eigenvalue weighted by Crippen LogP contribution is 2.09. The lowest BCUT2D eigenvalue weighted by Gasteiger charge is -2.34. The number of quaternary nitrogens is 2. The third kappa shape index (κ3) is 18.1. The standard InChI is InChI=1S/2C8H20N.2C4H2N2S2/c2*1-5-9(6-2,7-3)8-4;2*5-1-3(7)4(8)2-6/h2*5-8H2,1-4H3;2*7-8H/q2*+1;;/b;;2*4-3-. The van der Waals surface area contributed by atoms with Gasteiger partial charge in [-0.1, -0.05) is 0 Å². The first-order chi connectivity index (χ1) is 15.9. The van der Waals surface area contributed by atoms with Crippen LogP contribution in [0.2, 0.25) is 0 Å². The largest absolute Gasteiger partial charge is 0.325 e. The normalized spacial score (nSPS) is 11.5. The van der Waals surface area contributed by atoms with Crippen molar-refractivity contribution in [2.45, 2.75) is 55.4 Å². The molecule has 0 rings (SSSR count). The van der Waals surface area contributed by atoms with Crippen LogP contribution in [0.3, 0.4) is 0 Å². The van der Waals surface area contributed by atoms with Crippen molar-refractivity contribution in [1.82, 2.24) is 0 Å². The van der Waals surface area contributed by atoms with Crippen LogP contribution in [0, 0.1) is 45.3 Å². The Morgan fingerprint density at radius 2 is 0.529 bits per heavy atom. The number of hydrogen-bond acceptors (Lipinski definition) is 8. The molecule has 0 saturated heterocycles. The van der Waals surface area contributed by atoms with Crippen molar-refractivity contribution in [2.75, 3.05) is 52.4 Å². The molecule has 0 aromatic rings. The van der Waals surface area contributed by atoms with E-state index in [9.17, 15) is 0 Å². The van der Waals surface area contributed by atoms with E-state index in [4.69, 9.17) is 21.0 Å². The Morgan fingerprint density at radius 3 is 0.559 bits per heavy atom. The molecular weight excluding hydrogens is 501 g/mol. The number of nitrogens with zero attached hydrogens (tertiary/aromatic N) is 6. The Balaban J connectivity index is -0.000000177. The maximum Gasteiger partial charge on any atom is 0.108 e. The van der Waals surface area contributed by atoms with Gasteiger partial charge in [0.25, 0.3) is 0 Å². The molecule has 0 aromatic heterocycles. The molecule has 192 valence electrons. The topological polar surface area (TPSA) is 95.2 Å². The lowest BCUT2D eigenvalue weighted by molar-refractivity contribution is -0.921. The molecule has 0 amide bonds. The zero-order chi connectivity index (χ0) is 27.8. The Hall–Kier alpha value is -1.24. The second-order valence-corrected chi connectivity index (χ2v) is 8.84. The molecule has 0 aliphatic carbocycles. The maximum absolute atomic E-state index is 8.05. The van der Waals surface area contributed by atoms with Crippen molar-refractivity contribution < 1.29 is 8.97 Å². The van der Waals surface area contributed by atoms with Crippen LogP contribution in [0.4, 0.5) is 0 Å². The van der Waals surface area contributed by atoms with Crippen LogP contribution in [0.1, 0.15) is 55.4 Å². The molecule has 6 nitrogen and oxygen atoms in total. The van der Waals surface area contributed by atoms with E-state index in [1.54, 1.807) is 24.3 Å². The summed E-state index contributed by atoms with van der Waals surface area (Å²) < 4.78 is 2.56. The van der Waals surface area contributed by atoms with Gasteiger partial charge in [0.2, 0.25) is 0 Å². The highest BCUT2D eigenvalue weighted by molar-refractivity contribution is 7.89. The van der Waals surface area contributed by atoms with Gasteiger partial charge in [-0.3, -0.25) is 0 Å².